The van der Waals surface area contributed by atoms with E-state index in [9.17, 15) is 9.59 Å². The molecule has 0 aromatic rings. The molecule has 1 aliphatic heterocycles. The summed E-state index contributed by atoms with van der Waals surface area (Å²) in [5, 5.41) is 2.98. The summed E-state index contributed by atoms with van der Waals surface area (Å²) in [5.41, 5.74) is 0. The molecule has 0 aliphatic carbocycles. The predicted octanol–water partition coefficient (Wildman–Crippen LogP) is 2.33. The van der Waals surface area contributed by atoms with E-state index in [-0.39, 0.29) is 18.4 Å². The summed E-state index contributed by atoms with van der Waals surface area (Å²) < 4.78 is 0. The molecule has 1 heterocycles. The lowest BCUT2D eigenvalue weighted by molar-refractivity contribution is -0.137. The number of likely N-dealkylation sites (tertiary alicyclic amines) is 1. The number of piperidine rings is 1. The summed E-state index contributed by atoms with van der Waals surface area (Å²) in [6.07, 6.45) is 7.28. The molecule has 0 saturated carbocycles. The third-order valence-electron chi connectivity index (χ3n) is 3.89. The average molecular weight is 268 g/mol. The van der Waals surface area contributed by atoms with Crippen molar-refractivity contribution in [2.45, 2.75) is 58.8 Å². The lowest BCUT2D eigenvalue weighted by atomic mass is 9.99. The van der Waals surface area contributed by atoms with Gasteiger partial charge >= 0.3 is 0 Å². The van der Waals surface area contributed by atoms with Crippen LogP contribution in [-0.2, 0) is 9.59 Å². The van der Waals surface area contributed by atoms with E-state index in [0.717, 1.165) is 32.4 Å². The fourth-order valence-corrected chi connectivity index (χ4v) is 2.46. The van der Waals surface area contributed by atoms with Crippen LogP contribution in [-0.4, -0.2) is 36.3 Å². The molecule has 19 heavy (non-hydrogen) atoms. The van der Waals surface area contributed by atoms with Gasteiger partial charge in [0, 0.05) is 19.5 Å². The molecule has 110 valence electrons. The monoisotopic (exact) mass is 268 g/mol. The Kier molecular flexibility index (Phi) is 7.53. The quantitative estimate of drug-likeness (QED) is 0.734. The van der Waals surface area contributed by atoms with Crippen LogP contribution < -0.4 is 5.32 Å². The van der Waals surface area contributed by atoms with Crippen molar-refractivity contribution in [3.05, 3.63) is 0 Å². The van der Waals surface area contributed by atoms with Crippen LogP contribution in [0.5, 0.6) is 0 Å². The third kappa shape index (κ3) is 6.08. The van der Waals surface area contributed by atoms with Gasteiger partial charge in [0.2, 0.25) is 11.8 Å². The zero-order valence-electron chi connectivity index (χ0n) is 12.4. The number of rotatable bonds is 8. The van der Waals surface area contributed by atoms with Gasteiger partial charge in [0.05, 0.1) is 6.54 Å². The van der Waals surface area contributed by atoms with E-state index < -0.39 is 0 Å². The SMILES string of the molecule is CCCCC(CC)CNC(=O)CN1CCCCC1=O. The van der Waals surface area contributed by atoms with E-state index in [2.05, 4.69) is 19.2 Å². The van der Waals surface area contributed by atoms with Gasteiger partial charge in [0.15, 0.2) is 0 Å². The Labute approximate surface area is 116 Å². The Balaban J connectivity index is 2.24. The highest BCUT2D eigenvalue weighted by atomic mass is 16.2. The van der Waals surface area contributed by atoms with Gasteiger partial charge in [-0.2, -0.15) is 0 Å². The first kappa shape index (κ1) is 16.0. The van der Waals surface area contributed by atoms with Gasteiger partial charge in [-0.25, -0.2) is 0 Å². The van der Waals surface area contributed by atoms with E-state index in [1.54, 1.807) is 4.90 Å². The molecule has 0 radical (unpaired) electrons. The normalized spacial score (nSPS) is 17.4. The maximum atomic E-state index is 11.8. The van der Waals surface area contributed by atoms with Crippen LogP contribution in [0.25, 0.3) is 0 Å². The third-order valence-corrected chi connectivity index (χ3v) is 3.89. The van der Waals surface area contributed by atoms with Crippen LogP contribution in [0.3, 0.4) is 0 Å². The summed E-state index contributed by atoms with van der Waals surface area (Å²) in [5.74, 6) is 0.686. The molecule has 0 bridgehead atoms. The zero-order chi connectivity index (χ0) is 14.1. The van der Waals surface area contributed by atoms with Gasteiger partial charge in [0.1, 0.15) is 0 Å². The predicted molar refractivity (Wildman–Crippen MR) is 76.7 cm³/mol. The van der Waals surface area contributed by atoms with Crippen LogP contribution >= 0.6 is 0 Å². The van der Waals surface area contributed by atoms with E-state index in [4.69, 9.17) is 0 Å². The molecule has 0 aromatic carbocycles. The van der Waals surface area contributed by atoms with Crippen LogP contribution in [0.1, 0.15) is 58.8 Å². The summed E-state index contributed by atoms with van der Waals surface area (Å²) in [4.78, 5) is 25.1. The van der Waals surface area contributed by atoms with Crippen molar-refractivity contribution in [3.8, 4) is 0 Å². The minimum absolute atomic E-state index is 0.00908. The maximum absolute atomic E-state index is 11.8. The zero-order valence-corrected chi connectivity index (χ0v) is 12.4. The van der Waals surface area contributed by atoms with E-state index in [0.29, 0.717) is 12.3 Å². The molecular formula is C15H28N2O2. The van der Waals surface area contributed by atoms with Crippen LogP contribution in [0.15, 0.2) is 0 Å². The largest absolute Gasteiger partial charge is 0.354 e. The van der Waals surface area contributed by atoms with Crippen molar-refractivity contribution in [2.75, 3.05) is 19.6 Å². The molecule has 4 heteroatoms. The molecule has 2 amide bonds. The van der Waals surface area contributed by atoms with E-state index >= 15 is 0 Å². The minimum atomic E-state index is -0.00908. The standard InChI is InChI=1S/C15H28N2O2/c1-3-5-8-13(4-2)11-16-14(18)12-17-10-7-6-9-15(17)19/h13H,3-12H2,1-2H3,(H,16,18). The van der Waals surface area contributed by atoms with Crippen LogP contribution in [0, 0.1) is 5.92 Å². The number of carbonyl (C=O) groups is 2. The molecule has 1 atom stereocenters. The summed E-state index contributed by atoms with van der Waals surface area (Å²) >= 11 is 0. The Hall–Kier alpha value is -1.06. The second-order valence-corrected chi connectivity index (χ2v) is 5.49. The number of hydrogen-bond donors (Lipinski definition) is 1. The first-order valence-electron chi connectivity index (χ1n) is 7.71. The number of hydrogen-bond acceptors (Lipinski definition) is 2. The molecule has 0 aromatic heterocycles. The highest BCUT2D eigenvalue weighted by Crippen LogP contribution is 2.12. The highest BCUT2D eigenvalue weighted by Gasteiger charge is 2.20. The second-order valence-electron chi connectivity index (χ2n) is 5.49. The first-order valence-corrected chi connectivity index (χ1v) is 7.71. The molecule has 1 unspecified atom stereocenters. The maximum Gasteiger partial charge on any atom is 0.239 e. The molecule has 1 N–H and O–H groups in total. The number of nitrogens with zero attached hydrogens (tertiary/aromatic N) is 1. The van der Waals surface area contributed by atoms with Gasteiger partial charge in [0.25, 0.3) is 0 Å². The summed E-state index contributed by atoms with van der Waals surface area (Å²) in [6, 6.07) is 0. The molecule has 1 fully saturated rings. The summed E-state index contributed by atoms with van der Waals surface area (Å²) in [7, 11) is 0. The van der Waals surface area contributed by atoms with Crippen molar-refractivity contribution in [2.24, 2.45) is 5.92 Å². The lowest BCUT2D eigenvalue weighted by Gasteiger charge is -2.26. The topological polar surface area (TPSA) is 49.4 Å². The fourth-order valence-electron chi connectivity index (χ4n) is 2.46. The van der Waals surface area contributed by atoms with Crippen LogP contribution in [0.4, 0.5) is 0 Å². The smallest absolute Gasteiger partial charge is 0.239 e. The fraction of sp³-hybridized carbons (Fsp3) is 0.867. The van der Waals surface area contributed by atoms with Crippen LogP contribution in [0.2, 0.25) is 0 Å². The Morgan fingerprint density at radius 3 is 2.79 bits per heavy atom. The number of unbranched alkanes of at least 4 members (excludes halogenated alkanes) is 1. The van der Waals surface area contributed by atoms with Crippen molar-refractivity contribution >= 4 is 11.8 Å². The second kappa shape index (κ2) is 8.94. The van der Waals surface area contributed by atoms with Gasteiger partial charge in [-0.15, -0.1) is 0 Å². The van der Waals surface area contributed by atoms with Gasteiger partial charge in [-0.05, 0) is 25.2 Å². The van der Waals surface area contributed by atoms with Crippen molar-refractivity contribution in [1.82, 2.24) is 10.2 Å². The van der Waals surface area contributed by atoms with Gasteiger partial charge < -0.3 is 10.2 Å². The molecule has 4 nitrogen and oxygen atoms in total. The molecule has 1 rings (SSSR count). The molecule has 1 saturated heterocycles. The number of carbonyl (C=O) groups excluding carboxylic acids is 2. The number of amides is 2. The molecular weight excluding hydrogens is 240 g/mol. The van der Waals surface area contributed by atoms with Crippen molar-refractivity contribution in [1.29, 1.82) is 0 Å². The average Bonchev–Trinajstić information content (AvgIpc) is 2.41. The van der Waals surface area contributed by atoms with E-state index in [1.807, 2.05) is 0 Å². The Morgan fingerprint density at radius 2 is 2.16 bits per heavy atom. The minimum Gasteiger partial charge on any atom is -0.354 e. The van der Waals surface area contributed by atoms with Crippen molar-refractivity contribution in [3.63, 3.8) is 0 Å². The first-order chi connectivity index (χ1) is 9.17. The van der Waals surface area contributed by atoms with Crippen molar-refractivity contribution < 1.29 is 9.59 Å². The van der Waals surface area contributed by atoms with Gasteiger partial charge in [-0.3, -0.25) is 9.59 Å². The Bertz CT molecular complexity index is 292. The molecule has 0 spiro atoms. The molecule has 1 aliphatic rings. The highest BCUT2D eigenvalue weighted by molar-refractivity contribution is 5.85. The lowest BCUT2D eigenvalue weighted by Crippen LogP contribution is -2.43. The number of nitrogens with one attached hydrogen (secondary N) is 1. The van der Waals surface area contributed by atoms with Gasteiger partial charge in [-0.1, -0.05) is 33.1 Å². The van der Waals surface area contributed by atoms with E-state index in [1.165, 1.54) is 19.3 Å². The summed E-state index contributed by atoms with van der Waals surface area (Å²) in [6.45, 7) is 6.08. The Morgan fingerprint density at radius 1 is 1.37 bits per heavy atom.